The van der Waals surface area contributed by atoms with E-state index in [1.165, 1.54) is 0 Å². The highest BCUT2D eigenvalue weighted by Gasteiger charge is 1.80. The Labute approximate surface area is 74.5 Å². The lowest BCUT2D eigenvalue weighted by Gasteiger charge is -1.85. The molecule has 0 aromatic carbocycles. The Balaban J connectivity index is 0. The first-order chi connectivity index (χ1) is 5.68. The molecule has 0 heterocycles. The minimum Gasteiger partial charge on any atom is -0.300 e. The van der Waals surface area contributed by atoms with Gasteiger partial charge >= 0.3 is 0 Å². The van der Waals surface area contributed by atoms with Crippen LogP contribution in [0.3, 0.4) is 0 Å². The molecule has 0 atom stereocenters. The van der Waals surface area contributed by atoms with Gasteiger partial charge < -0.3 is 4.79 Å². The average molecular weight is 173 g/mol. The number of carbonyl (C=O) groups excluding carboxylic acids is 1. The fraction of sp³-hybridized carbons (Fsp3) is 0.889. The highest BCUT2D eigenvalue weighted by Crippen LogP contribution is 1.91. The van der Waals surface area contributed by atoms with Gasteiger partial charge in [0.1, 0.15) is 5.78 Å². The molecule has 0 rings (SSSR count). The largest absolute Gasteiger partial charge is 0.300 e. The maximum absolute atomic E-state index is 9.81. The van der Waals surface area contributed by atoms with Gasteiger partial charge in [0, 0.05) is 6.42 Å². The van der Waals surface area contributed by atoms with Gasteiger partial charge in [-0.1, -0.05) is 31.9 Å². The van der Waals surface area contributed by atoms with Gasteiger partial charge in [-0.3, -0.25) is 0 Å². The molecular formula is C9H19NO2. The van der Waals surface area contributed by atoms with Gasteiger partial charge in [0.25, 0.3) is 0 Å². The van der Waals surface area contributed by atoms with Crippen LogP contribution in [-0.2, 0) is 4.79 Å². The van der Waals surface area contributed by atoms with Crippen LogP contribution in [0.5, 0.6) is 0 Å². The van der Waals surface area contributed by atoms with Crippen molar-refractivity contribution in [3.8, 4) is 0 Å². The zero-order chi connectivity index (χ0) is 9.82. The molecule has 72 valence electrons. The van der Waals surface area contributed by atoms with Crippen LogP contribution in [0.1, 0.15) is 46.5 Å². The second-order valence-electron chi connectivity index (χ2n) is 2.62. The smallest absolute Gasteiger partial charge is 0.129 e. The molecule has 0 aromatic heterocycles. The van der Waals surface area contributed by atoms with Crippen LogP contribution < -0.4 is 0 Å². The Morgan fingerprint density at radius 1 is 1.25 bits per heavy atom. The van der Waals surface area contributed by atoms with E-state index in [9.17, 15) is 9.70 Å². The van der Waals surface area contributed by atoms with Crippen molar-refractivity contribution in [1.29, 1.82) is 0 Å². The molecule has 0 fully saturated rings. The summed E-state index contributed by atoms with van der Waals surface area (Å²) in [6.45, 7) is 6.03. The molecule has 0 aromatic rings. The minimum atomic E-state index is 0.255. The van der Waals surface area contributed by atoms with E-state index in [1.54, 1.807) is 6.92 Å². The lowest BCUT2D eigenvalue weighted by molar-refractivity contribution is -0.116. The van der Waals surface area contributed by atoms with Crippen LogP contribution in [0.25, 0.3) is 0 Å². The van der Waals surface area contributed by atoms with Crippen LogP contribution in [0.15, 0.2) is 5.18 Å². The molecule has 0 aliphatic carbocycles. The van der Waals surface area contributed by atoms with Crippen LogP contribution in [0, 0.1) is 4.91 Å². The number of hydrogen-bond donors (Lipinski definition) is 0. The number of hydrogen-bond acceptors (Lipinski definition) is 3. The van der Waals surface area contributed by atoms with Crippen molar-refractivity contribution in [2.45, 2.75) is 46.5 Å². The molecule has 0 bridgehead atoms. The Morgan fingerprint density at radius 2 is 1.75 bits per heavy atom. The summed E-state index contributed by atoms with van der Waals surface area (Å²) in [6.07, 6.45) is 3.92. The summed E-state index contributed by atoms with van der Waals surface area (Å²) in [5.74, 6) is 0.255. The van der Waals surface area contributed by atoms with E-state index in [-0.39, 0.29) is 5.78 Å². The molecule has 0 spiro atoms. The number of nitrogens with zero attached hydrogens (tertiary/aromatic N) is 1. The molecule has 0 saturated heterocycles. The first-order valence-corrected chi connectivity index (χ1v) is 4.47. The Morgan fingerprint density at radius 3 is 2.00 bits per heavy atom. The van der Waals surface area contributed by atoms with Crippen LogP contribution in [-0.4, -0.2) is 12.3 Å². The highest BCUT2D eigenvalue weighted by atomic mass is 16.3. The maximum atomic E-state index is 9.81. The summed E-state index contributed by atoms with van der Waals surface area (Å²) in [4.78, 5) is 19.2. The predicted molar refractivity (Wildman–Crippen MR) is 51.2 cm³/mol. The second-order valence-corrected chi connectivity index (χ2v) is 2.62. The molecule has 0 aliphatic rings. The zero-order valence-electron chi connectivity index (χ0n) is 8.30. The average Bonchev–Trinajstić information content (AvgIpc) is 2.07. The van der Waals surface area contributed by atoms with Crippen molar-refractivity contribution < 1.29 is 4.79 Å². The van der Waals surface area contributed by atoms with Gasteiger partial charge in [-0.2, -0.15) is 4.91 Å². The van der Waals surface area contributed by atoms with Crippen LogP contribution in [0.4, 0.5) is 0 Å². The predicted octanol–water partition coefficient (Wildman–Crippen LogP) is 2.93. The van der Waals surface area contributed by atoms with Crippen molar-refractivity contribution >= 4 is 5.78 Å². The standard InChI is InChI=1S/C5H11NO.C4H8O/c1-2-3-4-5-6-7;1-3-4(2)5/h2-5H2,1H3;3H2,1-2H3. The third-order valence-corrected chi connectivity index (χ3v) is 1.35. The SMILES string of the molecule is CCC(C)=O.CCCCCN=O. The number of rotatable bonds is 5. The number of carbonyl (C=O) groups is 1. The number of unbranched alkanes of at least 4 members (excludes halogenated alkanes) is 2. The quantitative estimate of drug-likeness (QED) is 0.474. The molecule has 0 N–H and O–H groups in total. The van der Waals surface area contributed by atoms with Crippen LogP contribution in [0.2, 0.25) is 0 Å². The molecule has 0 unspecified atom stereocenters. The van der Waals surface area contributed by atoms with Crippen molar-refractivity contribution in [2.24, 2.45) is 5.18 Å². The summed E-state index contributed by atoms with van der Waals surface area (Å²) in [7, 11) is 0. The van der Waals surface area contributed by atoms with E-state index in [0.717, 1.165) is 19.3 Å². The monoisotopic (exact) mass is 173 g/mol. The van der Waals surface area contributed by atoms with Crippen molar-refractivity contribution in [3.05, 3.63) is 4.91 Å². The zero-order valence-corrected chi connectivity index (χ0v) is 8.30. The molecule has 0 aliphatic heterocycles. The first-order valence-electron chi connectivity index (χ1n) is 4.47. The molecule has 12 heavy (non-hydrogen) atoms. The van der Waals surface area contributed by atoms with E-state index in [1.807, 2.05) is 6.92 Å². The van der Waals surface area contributed by atoms with Gasteiger partial charge in [0.2, 0.25) is 0 Å². The summed E-state index contributed by atoms with van der Waals surface area (Å²) in [6, 6.07) is 0. The topological polar surface area (TPSA) is 46.5 Å². The van der Waals surface area contributed by atoms with Gasteiger partial charge in [0.15, 0.2) is 0 Å². The van der Waals surface area contributed by atoms with E-state index in [4.69, 9.17) is 0 Å². The molecular weight excluding hydrogens is 154 g/mol. The number of nitroso groups, excluding NO2 is 1. The number of ketones is 1. The Hall–Kier alpha value is -0.730. The van der Waals surface area contributed by atoms with E-state index in [0.29, 0.717) is 13.0 Å². The van der Waals surface area contributed by atoms with Crippen molar-refractivity contribution in [3.63, 3.8) is 0 Å². The molecule has 3 nitrogen and oxygen atoms in total. The third-order valence-electron chi connectivity index (χ3n) is 1.35. The molecule has 0 radical (unpaired) electrons. The second kappa shape index (κ2) is 12.9. The first kappa shape index (κ1) is 13.8. The lowest BCUT2D eigenvalue weighted by atomic mass is 10.3. The van der Waals surface area contributed by atoms with Gasteiger partial charge in [0.05, 0.1) is 6.54 Å². The van der Waals surface area contributed by atoms with Gasteiger partial charge in [-0.15, -0.1) is 0 Å². The van der Waals surface area contributed by atoms with E-state index in [2.05, 4.69) is 12.1 Å². The Kier molecular flexibility index (Phi) is 14.9. The fourth-order valence-corrected chi connectivity index (χ4v) is 0.426. The normalized spacial score (nSPS) is 8.25. The molecule has 0 amide bonds. The van der Waals surface area contributed by atoms with Crippen molar-refractivity contribution in [1.82, 2.24) is 0 Å². The summed E-state index contributed by atoms with van der Waals surface area (Å²) >= 11 is 0. The van der Waals surface area contributed by atoms with E-state index >= 15 is 0 Å². The Bertz CT molecular complexity index is 113. The van der Waals surface area contributed by atoms with Gasteiger partial charge in [-0.25, -0.2) is 0 Å². The van der Waals surface area contributed by atoms with Crippen LogP contribution >= 0.6 is 0 Å². The highest BCUT2D eigenvalue weighted by molar-refractivity contribution is 5.74. The van der Waals surface area contributed by atoms with Gasteiger partial charge in [-0.05, 0) is 13.3 Å². The molecule has 3 heteroatoms. The fourth-order valence-electron chi connectivity index (χ4n) is 0.426. The van der Waals surface area contributed by atoms with E-state index < -0.39 is 0 Å². The molecule has 0 saturated carbocycles. The maximum Gasteiger partial charge on any atom is 0.129 e. The third kappa shape index (κ3) is 22.8. The summed E-state index contributed by atoms with van der Waals surface area (Å²) < 4.78 is 0. The van der Waals surface area contributed by atoms with Crippen molar-refractivity contribution in [2.75, 3.05) is 6.54 Å². The minimum absolute atomic E-state index is 0.255. The number of Topliss-reactive ketones (excluding diaryl/α,β-unsaturated/α-hetero) is 1. The summed E-state index contributed by atoms with van der Waals surface area (Å²) in [5.41, 5.74) is 0. The summed E-state index contributed by atoms with van der Waals surface area (Å²) in [5, 5.41) is 2.72. The lowest BCUT2D eigenvalue weighted by Crippen LogP contribution is -1.80.